The van der Waals surface area contributed by atoms with Gasteiger partial charge in [-0.05, 0) is 57.7 Å². The van der Waals surface area contributed by atoms with Crippen LogP contribution in [-0.4, -0.2) is 48.7 Å². The average Bonchev–Trinajstić information content (AvgIpc) is 3.41. The molecule has 2 aliphatic rings. The van der Waals surface area contributed by atoms with Gasteiger partial charge in [-0.2, -0.15) is 4.31 Å². The maximum Gasteiger partial charge on any atom is 0.254 e. The number of hydrogen-bond acceptors (Lipinski definition) is 3. The summed E-state index contributed by atoms with van der Waals surface area (Å²) in [7, 11) is -3.54. The lowest BCUT2D eigenvalue weighted by molar-refractivity contribution is 0.0752. The second-order valence-corrected chi connectivity index (χ2v) is 8.70. The summed E-state index contributed by atoms with van der Waals surface area (Å²) in [6, 6.07) is 6.87. The van der Waals surface area contributed by atoms with Crippen molar-refractivity contribution in [3.8, 4) is 0 Å². The van der Waals surface area contributed by atoms with Gasteiger partial charge in [-0.3, -0.25) is 4.79 Å². The van der Waals surface area contributed by atoms with E-state index in [4.69, 9.17) is 0 Å². The van der Waals surface area contributed by atoms with Crippen LogP contribution in [0.4, 0.5) is 0 Å². The van der Waals surface area contributed by atoms with E-state index in [0.717, 1.165) is 32.1 Å². The summed E-state index contributed by atoms with van der Waals surface area (Å²) < 4.78 is 27.5. The minimum atomic E-state index is -3.54. The van der Waals surface area contributed by atoms with Crippen molar-refractivity contribution >= 4 is 15.9 Å². The summed E-state index contributed by atoms with van der Waals surface area (Å²) >= 11 is 0. The Bertz CT molecular complexity index is 713. The Morgan fingerprint density at radius 1 is 1.25 bits per heavy atom. The average molecular weight is 350 g/mol. The second kappa shape index (κ2) is 6.84. The number of rotatable bonds is 5. The maximum atomic E-state index is 13.0. The third-order valence-corrected chi connectivity index (χ3v) is 7.03. The first-order valence-electron chi connectivity index (χ1n) is 8.88. The molecule has 132 valence electrons. The third-order valence-electron chi connectivity index (χ3n) is 5.02. The molecule has 0 spiro atoms. The van der Waals surface area contributed by atoms with Gasteiger partial charge in [-0.15, -0.1) is 0 Å². The molecule has 1 atom stereocenters. The minimum absolute atomic E-state index is 0.0155. The molecular formula is C18H26N2O3S. The molecule has 1 heterocycles. The van der Waals surface area contributed by atoms with E-state index < -0.39 is 10.0 Å². The summed E-state index contributed by atoms with van der Waals surface area (Å²) in [5, 5.41) is 0. The molecule has 1 aromatic rings. The molecule has 6 heteroatoms. The topological polar surface area (TPSA) is 57.7 Å². The SMILES string of the molecule is CCN(C(=O)c1cccc(S(=O)(=O)N2CCCCC2C)c1)C1CC1. The van der Waals surface area contributed by atoms with Crippen LogP contribution >= 0.6 is 0 Å². The smallest absolute Gasteiger partial charge is 0.254 e. The Kier molecular flexibility index (Phi) is 4.97. The Balaban J connectivity index is 1.88. The van der Waals surface area contributed by atoms with Crippen LogP contribution in [0.2, 0.25) is 0 Å². The van der Waals surface area contributed by atoms with E-state index in [2.05, 4.69) is 0 Å². The fourth-order valence-electron chi connectivity index (χ4n) is 3.47. The molecule has 0 bridgehead atoms. The first kappa shape index (κ1) is 17.4. The van der Waals surface area contributed by atoms with Crippen molar-refractivity contribution in [2.75, 3.05) is 13.1 Å². The van der Waals surface area contributed by atoms with Crippen LogP contribution in [-0.2, 0) is 10.0 Å². The number of piperidine rings is 1. The molecule has 1 amide bonds. The molecule has 0 aromatic heterocycles. The predicted molar refractivity (Wildman–Crippen MR) is 93.4 cm³/mol. The van der Waals surface area contributed by atoms with Crippen molar-refractivity contribution in [3.63, 3.8) is 0 Å². The lowest BCUT2D eigenvalue weighted by atomic mass is 10.1. The standard InChI is InChI=1S/C18H26N2O3S/c1-3-19(16-10-11-16)18(21)15-8-6-9-17(13-15)24(22,23)20-12-5-4-7-14(20)2/h6,8-9,13-14,16H,3-5,7,10-12H2,1-2H3. The van der Waals surface area contributed by atoms with Gasteiger partial charge < -0.3 is 4.90 Å². The van der Waals surface area contributed by atoms with Crippen molar-refractivity contribution in [2.45, 2.75) is 62.9 Å². The zero-order valence-corrected chi connectivity index (χ0v) is 15.3. The molecule has 2 fully saturated rings. The fraction of sp³-hybridized carbons (Fsp3) is 0.611. The van der Waals surface area contributed by atoms with Gasteiger partial charge in [0.15, 0.2) is 0 Å². The summed E-state index contributed by atoms with van der Waals surface area (Å²) in [4.78, 5) is 14.8. The Labute approximate surface area is 144 Å². The second-order valence-electron chi connectivity index (χ2n) is 6.81. The molecule has 3 rings (SSSR count). The first-order valence-corrected chi connectivity index (χ1v) is 10.3. The number of hydrogen-bond donors (Lipinski definition) is 0. The van der Waals surface area contributed by atoms with E-state index in [1.165, 1.54) is 0 Å². The van der Waals surface area contributed by atoms with Gasteiger partial charge in [0.05, 0.1) is 4.90 Å². The highest BCUT2D eigenvalue weighted by molar-refractivity contribution is 7.89. The van der Waals surface area contributed by atoms with E-state index in [-0.39, 0.29) is 16.8 Å². The lowest BCUT2D eigenvalue weighted by Gasteiger charge is -2.32. The molecule has 5 nitrogen and oxygen atoms in total. The highest BCUT2D eigenvalue weighted by Crippen LogP contribution is 2.29. The van der Waals surface area contributed by atoms with Crippen LogP contribution in [0, 0.1) is 0 Å². The van der Waals surface area contributed by atoms with E-state index in [9.17, 15) is 13.2 Å². The van der Waals surface area contributed by atoms with Gasteiger partial charge in [0, 0.05) is 30.7 Å². The van der Waals surface area contributed by atoms with Crippen LogP contribution in [0.25, 0.3) is 0 Å². The maximum absolute atomic E-state index is 13.0. The summed E-state index contributed by atoms with van der Waals surface area (Å²) in [5.41, 5.74) is 0.467. The van der Waals surface area contributed by atoms with Gasteiger partial charge >= 0.3 is 0 Å². The predicted octanol–water partition coefficient (Wildman–Crippen LogP) is 2.87. The lowest BCUT2D eigenvalue weighted by Crippen LogP contribution is -2.42. The van der Waals surface area contributed by atoms with Crippen LogP contribution in [0.15, 0.2) is 29.2 Å². The zero-order valence-electron chi connectivity index (χ0n) is 14.4. The van der Waals surface area contributed by atoms with Gasteiger partial charge in [-0.25, -0.2) is 8.42 Å². The van der Waals surface area contributed by atoms with Crippen molar-refractivity contribution < 1.29 is 13.2 Å². The summed E-state index contributed by atoms with van der Waals surface area (Å²) in [6.07, 6.45) is 4.95. The molecule has 24 heavy (non-hydrogen) atoms. The quantitative estimate of drug-likeness (QED) is 0.820. The molecule has 1 saturated carbocycles. The van der Waals surface area contributed by atoms with Crippen molar-refractivity contribution in [3.05, 3.63) is 29.8 Å². The van der Waals surface area contributed by atoms with Crippen LogP contribution in [0.1, 0.15) is 56.3 Å². The van der Waals surface area contributed by atoms with E-state index in [1.54, 1.807) is 28.6 Å². The molecule has 1 saturated heterocycles. The van der Waals surface area contributed by atoms with Gasteiger partial charge in [-0.1, -0.05) is 12.5 Å². The number of carbonyl (C=O) groups excluding carboxylic acids is 1. The third kappa shape index (κ3) is 3.35. The van der Waals surface area contributed by atoms with Crippen molar-refractivity contribution in [1.82, 2.24) is 9.21 Å². The monoisotopic (exact) mass is 350 g/mol. The largest absolute Gasteiger partial charge is 0.336 e. The molecule has 0 radical (unpaired) electrons. The first-order chi connectivity index (χ1) is 11.4. The van der Waals surface area contributed by atoms with E-state index in [1.807, 2.05) is 18.7 Å². The van der Waals surface area contributed by atoms with Crippen molar-refractivity contribution in [2.24, 2.45) is 0 Å². The Hall–Kier alpha value is -1.40. The van der Waals surface area contributed by atoms with E-state index >= 15 is 0 Å². The van der Waals surface area contributed by atoms with Gasteiger partial charge in [0.2, 0.25) is 10.0 Å². The number of amides is 1. The summed E-state index contributed by atoms with van der Waals surface area (Å²) in [6.45, 7) is 5.14. The highest BCUT2D eigenvalue weighted by atomic mass is 32.2. The number of carbonyl (C=O) groups is 1. The van der Waals surface area contributed by atoms with Crippen molar-refractivity contribution in [1.29, 1.82) is 0 Å². The van der Waals surface area contributed by atoms with Gasteiger partial charge in [0.25, 0.3) is 5.91 Å². The highest BCUT2D eigenvalue weighted by Gasteiger charge is 2.34. The summed E-state index contributed by atoms with van der Waals surface area (Å²) in [5.74, 6) is -0.0660. The molecule has 0 N–H and O–H groups in total. The zero-order chi connectivity index (χ0) is 17.3. The molecule has 1 aliphatic carbocycles. The number of sulfonamides is 1. The minimum Gasteiger partial charge on any atom is -0.336 e. The molecular weight excluding hydrogens is 324 g/mol. The number of nitrogens with zero attached hydrogens (tertiary/aromatic N) is 2. The van der Waals surface area contributed by atoms with Gasteiger partial charge in [0.1, 0.15) is 0 Å². The van der Waals surface area contributed by atoms with Crippen LogP contribution < -0.4 is 0 Å². The Morgan fingerprint density at radius 3 is 2.62 bits per heavy atom. The van der Waals surface area contributed by atoms with Crippen LogP contribution in [0.5, 0.6) is 0 Å². The van der Waals surface area contributed by atoms with Crippen LogP contribution in [0.3, 0.4) is 0 Å². The molecule has 1 unspecified atom stereocenters. The Morgan fingerprint density at radius 2 is 2.00 bits per heavy atom. The molecule has 1 aliphatic heterocycles. The fourth-order valence-corrected chi connectivity index (χ4v) is 5.22. The normalized spacial score (nSPS) is 22.3. The molecule has 1 aromatic carbocycles. The van der Waals surface area contributed by atoms with E-state index in [0.29, 0.717) is 24.7 Å². The number of benzene rings is 1.